The summed E-state index contributed by atoms with van der Waals surface area (Å²) in [6, 6.07) is 6.00. The van der Waals surface area contributed by atoms with Crippen molar-refractivity contribution in [2.75, 3.05) is 5.32 Å². The van der Waals surface area contributed by atoms with Gasteiger partial charge in [0.25, 0.3) is 0 Å². The molecule has 0 aliphatic rings. The molecular weight excluding hydrogens is 212 g/mol. The Morgan fingerprint density at radius 1 is 1.12 bits per heavy atom. The third-order valence-corrected chi connectivity index (χ3v) is 2.09. The molecule has 0 aliphatic carbocycles. The lowest BCUT2D eigenvalue weighted by Crippen LogP contribution is -2.01. The zero-order valence-electron chi connectivity index (χ0n) is 8.54. The Morgan fingerprint density at radius 3 is 2.62 bits per heavy atom. The number of hydrogen-bond acceptors (Lipinski definition) is 3. The first-order chi connectivity index (χ1) is 7.68. The quantitative estimate of drug-likeness (QED) is 0.847. The van der Waals surface area contributed by atoms with Crippen molar-refractivity contribution in [3.05, 3.63) is 47.9 Å². The summed E-state index contributed by atoms with van der Waals surface area (Å²) < 4.78 is 26.8. The molecule has 0 amide bonds. The molecule has 1 aromatic carbocycles. The van der Waals surface area contributed by atoms with Crippen LogP contribution in [0.1, 0.15) is 5.69 Å². The average Bonchev–Trinajstić information content (AvgIpc) is 2.28. The van der Waals surface area contributed by atoms with Gasteiger partial charge in [0, 0.05) is 0 Å². The van der Waals surface area contributed by atoms with Crippen molar-refractivity contribution in [2.24, 2.45) is 0 Å². The molecule has 0 radical (unpaired) electrons. The zero-order chi connectivity index (χ0) is 11.5. The predicted octanol–water partition coefficient (Wildman–Crippen LogP) is 2.81. The fraction of sp³-hybridized carbons (Fsp3) is 0.0909. The minimum atomic E-state index is -0.578. The Bertz CT molecular complexity index is 514. The Hall–Kier alpha value is -2.04. The van der Waals surface area contributed by atoms with Gasteiger partial charge in [0.15, 0.2) is 11.6 Å². The Balaban J connectivity index is 2.35. The maximum atomic E-state index is 13.5. The molecule has 1 aromatic heterocycles. The number of hydrogen-bond donors (Lipinski definition) is 1. The molecule has 0 atom stereocenters. The van der Waals surface area contributed by atoms with Crippen molar-refractivity contribution >= 4 is 11.5 Å². The van der Waals surface area contributed by atoms with Gasteiger partial charge in [-0.1, -0.05) is 12.1 Å². The second-order valence-electron chi connectivity index (χ2n) is 3.23. The third-order valence-electron chi connectivity index (χ3n) is 2.09. The lowest BCUT2D eigenvalue weighted by atomic mass is 10.3. The van der Waals surface area contributed by atoms with Gasteiger partial charge in [-0.15, -0.1) is 0 Å². The molecule has 0 saturated carbocycles. The number of para-hydroxylation sites is 1. The maximum Gasteiger partial charge on any atom is 0.186 e. The number of halogens is 2. The first kappa shape index (κ1) is 10.5. The molecule has 0 fully saturated rings. The number of nitrogens with one attached hydrogen (secondary N) is 1. The van der Waals surface area contributed by atoms with Crippen molar-refractivity contribution in [1.82, 2.24) is 9.97 Å². The Labute approximate surface area is 91.2 Å². The van der Waals surface area contributed by atoms with E-state index in [4.69, 9.17) is 0 Å². The normalized spacial score (nSPS) is 10.2. The molecule has 1 heterocycles. The molecule has 0 spiro atoms. The smallest absolute Gasteiger partial charge is 0.186 e. The summed E-state index contributed by atoms with van der Waals surface area (Å²) in [5, 5.41) is 2.58. The summed E-state index contributed by atoms with van der Waals surface area (Å²) in [6.45, 7) is 1.52. The van der Waals surface area contributed by atoms with E-state index in [0.717, 1.165) is 0 Å². The van der Waals surface area contributed by atoms with E-state index in [1.807, 2.05) is 0 Å². The lowest BCUT2D eigenvalue weighted by Gasteiger charge is -2.07. The highest BCUT2D eigenvalue weighted by Crippen LogP contribution is 2.20. The van der Waals surface area contributed by atoms with Gasteiger partial charge in [-0.2, -0.15) is 0 Å². The van der Waals surface area contributed by atoms with Crippen LogP contribution in [0.4, 0.5) is 20.3 Å². The minimum absolute atomic E-state index is 0.0300. The van der Waals surface area contributed by atoms with Gasteiger partial charge < -0.3 is 5.32 Å². The van der Waals surface area contributed by atoms with Gasteiger partial charge in [-0.05, 0) is 19.1 Å². The van der Waals surface area contributed by atoms with E-state index >= 15 is 0 Å². The van der Waals surface area contributed by atoms with Crippen molar-refractivity contribution in [1.29, 1.82) is 0 Å². The number of aryl methyl sites for hydroxylation is 1. The topological polar surface area (TPSA) is 37.8 Å². The zero-order valence-corrected chi connectivity index (χ0v) is 8.54. The predicted molar refractivity (Wildman–Crippen MR) is 56.4 cm³/mol. The van der Waals surface area contributed by atoms with E-state index in [1.165, 1.54) is 25.4 Å². The summed E-state index contributed by atoms with van der Waals surface area (Å²) in [5.74, 6) is -1.07. The molecule has 5 heteroatoms. The van der Waals surface area contributed by atoms with Crippen LogP contribution in [0, 0.1) is 18.6 Å². The van der Waals surface area contributed by atoms with Gasteiger partial charge in [0.1, 0.15) is 12.1 Å². The monoisotopic (exact) mass is 221 g/mol. The number of anilines is 2. The lowest BCUT2D eigenvalue weighted by molar-refractivity contribution is 0.605. The molecular formula is C11H9F2N3. The van der Waals surface area contributed by atoms with Crippen molar-refractivity contribution in [3.8, 4) is 0 Å². The van der Waals surface area contributed by atoms with Crippen LogP contribution in [0.5, 0.6) is 0 Å². The van der Waals surface area contributed by atoms with Crippen LogP contribution in [0.15, 0.2) is 30.6 Å². The van der Waals surface area contributed by atoms with E-state index in [2.05, 4.69) is 15.3 Å². The Morgan fingerprint density at radius 2 is 1.88 bits per heavy atom. The summed E-state index contributed by atoms with van der Waals surface area (Å²) in [4.78, 5) is 7.40. The second-order valence-corrected chi connectivity index (χ2v) is 3.23. The minimum Gasteiger partial charge on any atom is -0.335 e. The van der Waals surface area contributed by atoms with E-state index in [1.54, 1.807) is 12.1 Å². The van der Waals surface area contributed by atoms with Crippen LogP contribution in [0.25, 0.3) is 0 Å². The van der Waals surface area contributed by atoms with Crippen LogP contribution in [-0.4, -0.2) is 9.97 Å². The molecule has 1 N–H and O–H groups in total. The summed E-state index contributed by atoms with van der Waals surface area (Å²) in [7, 11) is 0. The van der Waals surface area contributed by atoms with E-state index in [-0.39, 0.29) is 17.2 Å². The molecule has 82 valence electrons. The summed E-state index contributed by atoms with van der Waals surface area (Å²) in [5.41, 5.74) is 0.397. The molecule has 3 nitrogen and oxygen atoms in total. The fourth-order valence-corrected chi connectivity index (χ4v) is 1.24. The maximum absolute atomic E-state index is 13.5. The third kappa shape index (κ3) is 1.98. The Kier molecular flexibility index (Phi) is 2.76. The molecule has 0 unspecified atom stereocenters. The fourth-order valence-electron chi connectivity index (χ4n) is 1.24. The highest BCUT2D eigenvalue weighted by molar-refractivity contribution is 5.57. The van der Waals surface area contributed by atoms with E-state index in [9.17, 15) is 8.78 Å². The van der Waals surface area contributed by atoms with Crippen LogP contribution >= 0.6 is 0 Å². The molecule has 0 bridgehead atoms. The van der Waals surface area contributed by atoms with Crippen LogP contribution < -0.4 is 5.32 Å². The summed E-state index contributed by atoms with van der Waals surface area (Å²) >= 11 is 0. The van der Waals surface area contributed by atoms with Crippen molar-refractivity contribution in [3.63, 3.8) is 0 Å². The van der Waals surface area contributed by atoms with Gasteiger partial charge in [-0.3, -0.25) is 0 Å². The summed E-state index contributed by atoms with van der Waals surface area (Å²) in [6.07, 6.45) is 1.22. The standard InChI is InChI=1S/C11H9F2N3/c1-7-10(13)11(15-6-14-7)16-9-5-3-2-4-8(9)12/h2-6H,1H3,(H,14,15,16). The largest absolute Gasteiger partial charge is 0.335 e. The van der Waals surface area contributed by atoms with Crippen LogP contribution in [-0.2, 0) is 0 Å². The number of rotatable bonds is 2. The van der Waals surface area contributed by atoms with E-state index in [0.29, 0.717) is 0 Å². The highest BCUT2D eigenvalue weighted by Gasteiger charge is 2.09. The number of benzene rings is 1. The first-order valence-corrected chi connectivity index (χ1v) is 4.67. The molecule has 2 rings (SSSR count). The van der Waals surface area contributed by atoms with Gasteiger partial charge in [0.05, 0.1) is 11.4 Å². The average molecular weight is 221 g/mol. The van der Waals surface area contributed by atoms with Crippen molar-refractivity contribution < 1.29 is 8.78 Å². The van der Waals surface area contributed by atoms with Gasteiger partial charge >= 0.3 is 0 Å². The number of aromatic nitrogens is 2. The highest BCUT2D eigenvalue weighted by atomic mass is 19.1. The van der Waals surface area contributed by atoms with Gasteiger partial charge in [0.2, 0.25) is 0 Å². The van der Waals surface area contributed by atoms with Crippen LogP contribution in [0.2, 0.25) is 0 Å². The van der Waals surface area contributed by atoms with Crippen LogP contribution in [0.3, 0.4) is 0 Å². The van der Waals surface area contributed by atoms with Gasteiger partial charge in [-0.25, -0.2) is 18.7 Å². The molecule has 16 heavy (non-hydrogen) atoms. The molecule has 0 saturated heterocycles. The molecule has 2 aromatic rings. The van der Waals surface area contributed by atoms with E-state index < -0.39 is 11.6 Å². The first-order valence-electron chi connectivity index (χ1n) is 4.67. The second kappa shape index (κ2) is 4.22. The molecule has 0 aliphatic heterocycles. The SMILES string of the molecule is Cc1ncnc(Nc2ccccc2F)c1F. The number of nitrogens with zero attached hydrogens (tertiary/aromatic N) is 2. The van der Waals surface area contributed by atoms with Crippen molar-refractivity contribution in [2.45, 2.75) is 6.92 Å².